The van der Waals surface area contributed by atoms with Gasteiger partial charge in [-0.1, -0.05) is 18.2 Å². The molecular weight excluding hydrogens is 402 g/mol. The summed E-state index contributed by atoms with van der Waals surface area (Å²) in [6, 6.07) is 14.3. The summed E-state index contributed by atoms with van der Waals surface area (Å²) in [5.74, 6) is 0.767. The Labute approximate surface area is 176 Å². The molecular formula is C22H19N3O6. The fourth-order valence-corrected chi connectivity index (χ4v) is 3.20. The number of aromatic nitrogens is 1. The minimum atomic E-state index is -0.583. The third kappa shape index (κ3) is 4.55. The minimum absolute atomic E-state index is 0.0523. The Bertz CT molecular complexity index is 1200. The van der Waals surface area contributed by atoms with Crippen molar-refractivity contribution >= 4 is 11.6 Å². The van der Waals surface area contributed by atoms with E-state index < -0.39 is 16.4 Å². The van der Waals surface area contributed by atoms with E-state index in [1.54, 1.807) is 24.3 Å². The van der Waals surface area contributed by atoms with E-state index in [4.69, 9.17) is 9.47 Å². The molecule has 0 saturated carbocycles. The van der Waals surface area contributed by atoms with Gasteiger partial charge >= 0.3 is 0 Å². The lowest BCUT2D eigenvalue weighted by Gasteiger charge is -2.10. The van der Waals surface area contributed by atoms with Crippen LogP contribution in [0.3, 0.4) is 0 Å². The number of nitrogens with zero attached hydrogens (tertiary/aromatic N) is 1. The number of carbonyl (C=O) groups is 1. The van der Waals surface area contributed by atoms with Crippen LogP contribution in [-0.2, 0) is 6.54 Å². The first kappa shape index (κ1) is 20.1. The number of nitrogens with one attached hydrogen (secondary N) is 2. The van der Waals surface area contributed by atoms with Gasteiger partial charge < -0.3 is 19.8 Å². The second-order valence-corrected chi connectivity index (χ2v) is 6.94. The van der Waals surface area contributed by atoms with Crippen LogP contribution >= 0.6 is 0 Å². The lowest BCUT2D eigenvalue weighted by molar-refractivity contribution is -0.384. The zero-order valence-corrected chi connectivity index (χ0v) is 16.4. The predicted octanol–water partition coefficient (Wildman–Crippen LogP) is 3.04. The summed E-state index contributed by atoms with van der Waals surface area (Å²) < 4.78 is 11.2. The molecule has 0 aliphatic carbocycles. The molecule has 0 atom stereocenters. The highest BCUT2D eigenvalue weighted by Crippen LogP contribution is 2.30. The second kappa shape index (κ2) is 8.70. The zero-order valence-electron chi connectivity index (χ0n) is 16.4. The molecule has 2 N–H and O–H groups in total. The van der Waals surface area contributed by atoms with E-state index in [1.165, 1.54) is 24.3 Å². The lowest BCUT2D eigenvalue weighted by Crippen LogP contribution is -2.29. The number of pyridine rings is 1. The van der Waals surface area contributed by atoms with Crippen LogP contribution in [0, 0.1) is 10.1 Å². The summed E-state index contributed by atoms with van der Waals surface area (Å²) in [6.45, 7) is 1.37. The molecule has 2 aromatic carbocycles. The van der Waals surface area contributed by atoms with Gasteiger partial charge in [0.15, 0.2) is 11.5 Å². The number of rotatable bonds is 5. The standard InChI is InChI=1S/C22H19N3O6/c26-21(23-13-14-5-8-19-20(11-14)31-10-2-9-30-19)17-6-7-18(24-22(17)27)15-3-1-4-16(12-15)25(28)29/h1,3-8,11-12H,2,9-10,13H2,(H,23,26)(H,24,27). The first-order chi connectivity index (χ1) is 15.0. The smallest absolute Gasteiger partial charge is 0.270 e. The van der Waals surface area contributed by atoms with Crippen molar-refractivity contribution in [2.75, 3.05) is 13.2 Å². The Morgan fingerprint density at radius 1 is 1.06 bits per heavy atom. The summed E-state index contributed by atoms with van der Waals surface area (Å²) in [4.78, 5) is 38.0. The Morgan fingerprint density at radius 3 is 2.65 bits per heavy atom. The fraction of sp³-hybridized carbons (Fsp3) is 0.182. The highest BCUT2D eigenvalue weighted by molar-refractivity contribution is 5.94. The number of hydrogen-bond acceptors (Lipinski definition) is 6. The Hall–Kier alpha value is -4.14. The number of H-pyrrole nitrogens is 1. The van der Waals surface area contributed by atoms with Crippen molar-refractivity contribution in [1.82, 2.24) is 10.3 Å². The quantitative estimate of drug-likeness (QED) is 0.482. The Morgan fingerprint density at radius 2 is 1.87 bits per heavy atom. The molecule has 0 radical (unpaired) electrons. The number of benzene rings is 2. The van der Waals surface area contributed by atoms with E-state index in [0.29, 0.717) is 36.0 Å². The molecule has 1 aliphatic rings. The van der Waals surface area contributed by atoms with Gasteiger partial charge in [-0.05, 0) is 29.8 Å². The summed E-state index contributed by atoms with van der Waals surface area (Å²) in [7, 11) is 0. The maximum atomic E-state index is 12.5. The first-order valence-electron chi connectivity index (χ1n) is 9.66. The van der Waals surface area contributed by atoms with E-state index in [1.807, 2.05) is 6.07 Å². The summed E-state index contributed by atoms with van der Waals surface area (Å²) in [6.07, 6.45) is 0.801. The van der Waals surface area contributed by atoms with Crippen molar-refractivity contribution in [2.45, 2.75) is 13.0 Å². The molecule has 1 aliphatic heterocycles. The molecule has 31 heavy (non-hydrogen) atoms. The van der Waals surface area contributed by atoms with Crippen LogP contribution in [0.15, 0.2) is 59.4 Å². The van der Waals surface area contributed by atoms with Gasteiger partial charge in [0.25, 0.3) is 17.2 Å². The van der Waals surface area contributed by atoms with Crippen LogP contribution in [0.1, 0.15) is 22.3 Å². The van der Waals surface area contributed by atoms with Gasteiger partial charge in [0.1, 0.15) is 5.56 Å². The van der Waals surface area contributed by atoms with Crippen LogP contribution in [0.5, 0.6) is 11.5 Å². The third-order valence-corrected chi connectivity index (χ3v) is 4.79. The molecule has 0 spiro atoms. The number of amides is 1. The highest BCUT2D eigenvalue weighted by Gasteiger charge is 2.14. The van der Waals surface area contributed by atoms with Crippen molar-refractivity contribution in [1.29, 1.82) is 0 Å². The second-order valence-electron chi connectivity index (χ2n) is 6.94. The molecule has 158 valence electrons. The molecule has 4 rings (SSSR count). The lowest BCUT2D eigenvalue weighted by atomic mass is 10.1. The van der Waals surface area contributed by atoms with Gasteiger partial charge in [-0.15, -0.1) is 0 Å². The first-order valence-corrected chi connectivity index (χ1v) is 9.66. The minimum Gasteiger partial charge on any atom is -0.490 e. The largest absolute Gasteiger partial charge is 0.490 e. The monoisotopic (exact) mass is 421 g/mol. The zero-order chi connectivity index (χ0) is 21.8. The Balaban J connectivity index is 1.47. The van der Waals surface area contributed by atoms with Crippen molar-refractivity contribution in [3.8, 4) is 22.8 Å². The molecule has 2 heterocycles. The third-order valence-electron chi connectivity index (χ3n) is 4.79. The molecule has 9 heteroatoms. The van der Waals surface area contributed by atoms with E-state index in [0.717, 1.165) is 12.0 Å². The molecule has 1 aromatic heterocycles. The number of non-ortho nitro benzene ring substituents is 1. The topological polar surface area (TPSA) is 124 Å². The molecule has 1 amide bonds. The fourth-order valence-electron chi connectivity index (χ4n) is 3.20. The molecule has 3 aromatic rings. The normalized spacial score (nSPS) is 12.6. The molecule has 0 unspecified atom stereocenters. The summed E-state index contributed by atoms with van der Waals surface area (Å²) >= 11 is 0. The van der Waals surface area contributed by atoms with Gasteiger partial charge in [0.2, 0.25) is 0 Å². The van der Waals surface area contributed by atoms with Gasteiger partial charge in [-0.2, -0.15) is 0 Å². The average molecular weight is 421 g/mol. The molecule has 9 nitrogen and oxygen atoms in total. The van der Waals surface area contributed by atoms with E-state index in [9.17, 15) is 19.7 Å². The number of nitro groups is 1. The predicted molar refractivity (Wildman–Crippen MR) is 112 cm³/mol. The van der Waals surface area contributed by atoms with Crippen LogP contribution < -0.4 is 20.3 Å². The maximum absolute atomic E-state index is 12.5. The Kier molecular flexibility index (Phi) is 5.65. The SMILES string of the molecule is O=C(NCc1ccc2c(c1)OCCCO2)c1ccc(-c2cccc([N+](=O)[O-])c2)[nH]c1=O. The summed E-state index contributed by atoms with van der Waals surface area (Å²) in [5.41, 5.74) is 0.944. The summed E-state index contributed by atoms with van der Waals surface area (Å²) in [5, 5.41) is 13.7. The van der Waals surface area contributed by atoms with Crippen molar-refractivity contribution in [3.05, 3.63) is 86.2 Å². The van der Waals surface area contributed by atoms with Crippen molar-refractivity contribution < 1.29 is 19.2 Å². The van der Waals surface area contributed by atoms with Crippen LogP contribution in [0.2, 0.25) is 0 Å². The number of hydrogen-bond donors (Lipinski definition) is 2. The number of ether oxygens (including phenoxy) is 2. The maximum Gasteiger partial charge on any atom is 0.270 e. The van der Waals surface area contributed by atoms with Crippen LogP contribution in [-0.4, -0.2) is 29.0 Å². The van der Waals surface area contributed by atoms with E-state index in [-0.39, 0.29) is 17.8 Å². The molecule has 0 fully saturated rings. The van der Waals surface area contributed by atoms with Crippen LogP contribution in [0.25, 0.3) is 11.3 Å². The van der Waals surface area contributed by atoms with E-state index >= 15 is 0 Å². The van der Waals surface area contributed by atoms with Gasteiger partial charge in [-0.3, -0.25) is 19.7 Å². The molecule has 0 saturated heterocycles. The highest BCUT2D eigenvalue weighted by atomic mass is 16.6. The number of aromatic amines is 1. The van der Waals surface area contributed by atoms with E-state index in [2.05, 4.69) is 10.3 Å². The number of nitro benzene ring substituents is 1. The van der Waals surface area contributed by atoms with Crippen LogP contribution in [0.4, 0.5) is 5.69 Å². The number of carbonyl (C=O) groups excluding carboxylic acids is 1. The van der Waals surface area contributed by atoms with Gasteiger partial charge in [-0.25, -0.2) is 0 Å². The molecule has 0 bridgehead atoms. The van der Waals surface area contributed by atoms with Gasteiger partial charge in [0.05, 0.1) is 18.1 Å². The van der Waals surface area contributed by atoms with Crippen molar-refractivity contribution in [2.24, 2.45) is 0 Å². The average Bonchev–Trinajstić information content (AvgIpc) is 3.02. The van der Waals surface area contributed by atoms with Gasteiger partial charge in [0, 0.05) is 36.4 Å². The number of fused-ring (bicyclic) bond motifs is 1. The van der Waals surface area contributed by atoms with Crippen molar-refractivity contribution in [3.63, 3.8) is 0 Å².